The highest BCUT2D eigenvalue weighted by atomic mass is 31.2. The Morgan fingerprint density at radius 1 is 0.323 bits per heavy atom. The van der Waals surface area contributed by atoms with Gasteiger partial charge in [0.25, 0.3) is 0 Å². The van der Waals surface area contributed by atoms with Crippen molar-refractivity contribution in [1.82, 2.24) is 15.0 Å². The van der Waals surface area contributed by atoms with Crippen molar-refractivity contribution >= 4 is 55.5 Å². The molecular weight excluding hydrogens is 774 g/mol. The van der Waals surface area contributed by atoms with Gasteiger partial charge in [0.1, 0.15) is 0 Å². The monoisotopic (exact) mass is 811 g/mol. The van der Waals surface area contributed by atoms with Crippen molar-refractivity contribution < 1.29 is 4.57 Å². The second-order valence-corrected chi connectivity index (χ2v) is 18.2. The number of hydrogen-bond donors (Lipinski definition) is 0. The molecule has 0 spiro atoms. The minimum atomic E-state index is -3.15. The van der Waals surface area contributed by atoms with E-state index >= 15 is 4.57 Å². The van der Waals surface area contributed by atoms with Crippen LogP contribution in [0.2, 0.25) is 0 Å². The number of para-hydroxylation sites is 1. The van der Waals surface area contributed by atoms with Gasteiger partial charge in [-0.3, -0.25) is 0 Å². The Bertz CT molecular complexity index is 3350. The quantitative estimate of drug-likeness (QED) is 0.113. The maximum Gasteiger partial charge on any atom is 0.171 e. The molecule has 2 heterocycles. The third kappa shape index (κ3) is 6.59. The van der Waals surface area contributed by atoms with Gasteiger partial charge >= 0.3 is 0 Å². The Balaban J connectivity index is 1.06. The first kappa shape index (κ1) is 37.2. The average molecular weight is 812 g/mol. The summed E-state index contributed by atoms with van der Waals surface area (Å²) in [5.74, 6) is 0.690. The molecule has 0 fully saturated rings. The first-order chi connectivity index (χ1) is 30.6. The molecule has 0 bridgehead atoms. The molecule has 4 nitrogen and oxygen atoms in total. The summed E-state index contributed by atoms with van der Waals surface area (Å²) in [5.41, 5.74) is 9.73. The molecule has 62 heavy (non-hydrogen) atoms. The molecule has 0 amide bonds. The number of hydrogen-bond acceptors (Lipinski definition) is 4. The van der Waals surface area contributed by atoms with Crippen LogP contribution in [-0.4, -0.2) is 15.0 Å². The van der Waals surface area contributed by atoms with E-state index in [0.717, 1.165) is 98.8 Å². The molecule has 11 rings (SSSR count). The summed E-state index contributed by atoms with van der Waals surface area (Å²) in [6.45, 7) is 0. The van der Waals surface area contributed by atoms with Gasteiger partial charge in [0.2, 0.25) is 0 Å². The molecule has 0 N–H and O–H groups in total. The second kappa shape index (κ2) is 15.7. The average Bonchev–Trinajstić information content (AvgIpc) is 3.36. The van der Waals surface area contributed by atoms with Crippen LogP contribution in [0.4, 0.5) is 0 Å². The normalized spacial score (nSPS) is 11.6. The van der Waals surface area contributed by atoms with Gasteiger partial charge in [-0.15, -0.1) is 0 Å². The highest BCUT2D eigenvalue weighted by Crippen LogP contribution is 2.45. The Hall–Kier alpha value is -7.78. The number of nitrogens with zero attached hydrogens (tertiary/aromatic N) is 3. The lowest BCUT2D eigenvalue weighted by atomic mass is 9.89. The van der Waals surface area contributed by atoms with Crippen molar-refractivity contribution in [2.75, 3.05) is 0 Å². The van der Waals surface area contributed by atoms with Crippen molar-refractivity contribution in [2.24, 2.45) is 0 Å². The lowest BCUT2D eigenvalue weighted by molar-refractivity contribution is 0.592. The molecule has 0 saturated heterocycles. The standard InChI is InChI=1S/C57H38N3OP/c61-62(44-21-9-3-10-22-44,45-23-11-4-12-24-45)46-35-33-42(34-36-46)56-51-37-50(47-25-13-14-26-48(47)55(51)49-27-15-16-28-52(49)58-56)39-29-31-41(32-30-39)54-38-53(40-17-5-1-6-18-40)59-57(60-54)43-19-7-2-8-20-43/h1-38H. The molecule has 11 aromatic rings. The summed E-state index contributed by atoms with van der Waals surface area (Å²) < 4.78 is 15.3. The largest absolute Gasteiger partial charge is 0.309 e. The van der Waals surface area contributed by atoms with Gasteiger partial charge in [-0.25, -0.2) is 15.0 Å². The van der Waals surface area contributed by atoms with Gasteiger partial charge in [0, 0.05) is 54.3 Å². The lowest BCUT2D eigenvalue weighted by Crippen LogP contribution is -2.24. The third-order valence-corrected chi connectivity index (χ3v) is 14.8. The zero-order valence-electron chi connectivity index (χ0n) is 33.6. The molecule has 0 saturated carbocycles. The number of aromatic nitrogens is 3. The van der Waals surface area contributed by atoms with E-state index in [2.05, 4.69) is 115 Å². The SMILES string of the molecule is O=P(c1ccccc1)(c1ccccc1)c1ccc(-c2nc3ccccc3c3c2cc(-c2ccc(-c4cc(-c5ccccc5)nc(-c5ccccc5)n4)cc2)c2ccccc23)cc1. The number of benzene rings is 9. The van der Waals surface area contributed by atoms with Gasteiger partial charge in [0.15, 0.2) is 13.0 Å². The fourth-order valence-corrected chi connectivity index (χ4v) is 11.4. The Morgan fingerprint density at radius 3 is 1.39 bits per heavy atom. The highest BCUT2D eigenvalue weighted by molar-refractivity contribution is 7.85. The summed E-state index contributed by atoms with van der Waals surface area (Å²) in [6.07, 6.45) is 0. The van der Waals surface area contributed by atoms with Crippen LogP contribution in [0.3, 0.4) is 0 Å². The minimum absolute atomic E-state index is 0.690. The van der Waals surface area contributed by atoms with Crippen LogP contribution in [0.15, 0.2) is 231 Å². The minimum Gasteiger partial charge on any atom is -0.309 e. The van der Waals surface area contributed by atoms with Gasteiger partial charge in [0.05, 0.1) is 22.6 Å². The van der Waals surface area contributed by atoms with Gasteiger partial charge in [-0.2, -0.15) is 0 Å². The fourth-order valence-electron chi connectivity index (χ4n) is 8.72. The predicted octanol–water partition coefficient (Wildman–Crippen LogP) is 13.3. The number of rotatable bonds is 8. The van der Waals surface area contributed by atoms with E-state index in [1.807, 2.05) is 115 Å². The van der Waals surface area contributed by atoms with Crippen LogP contribution in [0.5, 0.6) is 0 Å². The van der Waals surface area contributed by atoms with Crippen molar-refractivity contribution in [3.05, 3.63) is 231 Å². The van der Waals surface area contributed by atoms with Crippen molar-refractivity contribution in [3.8, 4) is 56.3 Å². The van der Waals surface area contributed by atoms with E-state index in [1.54, 1.807) is 0 Å². The van der Waals surface area contributed by atoms with Crippen LogP contribution >= 0.6 is 7.14 Å². The summed E-state index contributed by atoms with van der Waals surface area (Å²) >= 11 is 0. The maximum absolute atomic E-state index is 15.3. The molecule has 0 aliphatic carbocycles. The molecule has 292 valence electrons. The van der Waals surface area contributed by atoms with Crippen molar-refractivity contribution in [2.45, 2.75) is 0 Å². The fraction of sp³-hybridized carbons (Fsp3) is 0. The summed E-state index contributed by atoms with van der Waals surface area (Å²) in [5, 5.41) is 8.04. The number of fused-ring (bicyclic) bond motifs is 5. The van der Waals surface area contributed by atoms with Gasteiger partial charge in [-0.1, -0.05) is 212 Å². The molecule has 0 aliphatic rings. The molecule has 0 unspecified atom stereocenters. The third-order valence-electron chi connectivity index (χ3n) is 11.8. The lowest BCUT2D eigenvalue weighted by Gasteiger charge is -2.20. The predicted molar refractivity (Wildman–Crippen MR) is 259 cm³/mol. The van der Waals surface area contributed by atoms with E-state index in [4.69, 9.17) is 15.0 Å². The van der Waals surface area contributed by atoms with E-state index in [9.17, 15) is 0 Å². The Labute approximate surface area is 360 Å². The van der Waals surface area contributed by atoms with E-state index < -0.39 is 7.14 Å². The summed E-state index contributed by atoms with van der Waals surface area (Å²) in [7, 11) is -3.15. The second-order valence-electron chi connectivity index (χ2n) is 15.5. The van der Waals surface area contributed by atoms with Gasteiger partial charge in [-0.05, 0) is 40.1 Å². The highest BCUT2D eigenvalue weighted by Gasteiger charge is 2.29. The van der Waals surface area contributed by atoms with E-state index in [0.29, 0.717) is 5.82 Å². The zero-order valence-corrected chi connectivity index (χ0v) is 34.5. The molecule has 0 aliphatic heterocycles. The van der Waals surface area contributed by atoms with Crippen LogP contribution in [0.25, 0.3) is 88.7 Å². The Kier molecular flexibility index (Phi) is 9.41. The molecular formula is C57H38N3OP. The van der Waals surface area contributed by atoms with Crippen molar-refractivity contribution in [1.29, 1.82) is 0 Å². The van der Waals surface area contributed by atoms with Crippen LogP contribution in [0.1, 0.15) is 0 Å². The van der Waals surface area contributed by atoms with Gasteiger partial charge < -0.3 is 4.57 Å². The van der Waals surface area contributed by atoms with E-state index in [-0.39, 0.29) is 0 Å². The maximum atomic E-state index is 15.3. The molecule has 5 heteroatoms. The molecule has 0 radical (unpaired) electrons. The molecule has 2 aromatic heterocycles. The first-order valence-electron chi connectivity index (χ1n) is 20.8. The van der Waals surface area contributed by atoms with Crippen LogP contribution in [-0.2, 0) is 4.57 Å². The smallest absolute Gasteiger partial charge is 0.171 e. The van der Waals surface area contributed by atoms with Crippen molar-refractivity contribution in [3.63, 3.8) is 0 Å². The topological polar surface area (TPSA) is 55.7 Å². The number of pyridine rings is 1. The van der Waals surface area contributed by atoms with Crippen LogP contribution < -0.4 is 15.9 Å². The molecule has 9 aromatic carbocycles. The Morgan fingerprint density at radius 2 is 0.774 bits per heavy atom. The van der Waals surface area contributed by atoms with E-state index in [1.165, 1.54) is 0 Å². The van der Waals surface area contributed by atoms with Crippen LogP contribution in [0, 0.1) is 0 Å². The summed E-state index contributed by atoms with van der Waals surface area (Å²) in [4.78, 5) is 15.4. The first-order valence-corrected chi connectivity index (χ1v) is 22.5. The molecule has 0 atom stereocenters. The zero-order chi connectivity index (χ0) is 41.5. The summed E-state index contributed by atoms with van der Waals surface area (Å²) in [6, 6.07) is 78.5.